The van der Waals surface area contributed by atoms with Gasteiger partial charge in [-0.05, 0) is 48.6 Å². The molecule has 0 radical (unpaired) electrons. The smallest absolute Gasteiger partial charge is 0.412 e. The van der Waals surface area contributed by atoms with Crippen molar-refractivity contribution < 1.29 is 28.2 Å². The van der Waals surface area contributed by atoms with E-state index < -0.39 is 34.5 Å². The summed E-state index contributed by atoms with van der Waals surface area (Å²) in [5.41, 5.74) is 2.61. The van der Waals surface area contributed by atoms with Crippen molar-refractivity contribution >= 4 is 40.7 Å². The maximum atomic E-state index is 14.5. The zero-order chi connectivity index (χ0) is 27.0. The molecule has 1 saturated carbocycles. The van der Waals surface area contributed by atoms with Gasteiger partial charge in [-0.1, -0.05) is 66.2 Å². The molecule has 0 spiro atoms. The molecule has 1 heterocycles. The second kappa shape index (κ2) is 10.2. The van der Waals surface area contributed by atoms with Crippen LogP contribution in [0.15, 0.2) is 72.8 Å². The molecule has 0 saturated heterocycles. The first kappa shape index (κ1) is 25.9. The third kappa shape index (κ3) is 5.01. The summed E-state index contributed by atoms with van der Waals surface area (Å²) >= 11 is 6.66. The lowest BCUT2D eigenvalue weighted by atomic mass is 9.92. The zero-order valence-corrected chi connectivity index (χ0v) is 21.7. The maximum Gasteiger partial charge on any atom is 0.412 e. The van der Waals surface area contributed by atoms with Crippen molar-refractivity contribution in [2.24, 2.45) is 0 Å². The van der Waals surface area contributed by atoms with Crippen LogP contribution in [0.5, 0.6) is 0 Å². The number of carboxylic acid groups (broad SMARTS) is 1. The molecule has 1 atom stereocenters. The summed E-state index contributed by atoms with van der Waals surface area (Å²) in [5, 5.41) is 11.9. The minimum absolute atomic E-state index is 0.158. The Morgan fingerprint density at radius 1 is 1.03 bits per heavy atom. The predicted octanol–water partition coefficient (Wildman–Crippen LogP) is 8.44. The Hall–Kier alpha value is -3.75. The minimum Gasteiger partial charge on any atom is -0.481 e. The summed E-state index contributed by atoms with van der Waals surface area (Å²) in [7, 11) is 0. The number of benzene rings is 3. The summed E-state index contributed by atoms with van der Waals surface area (Å²) in [5.74, 6) is -1.42. The fraction of sp³-hybridized carbons (Fsp3) is 0.172. The maximum absolute atomic E-state index is 14.5. The highest BCUT2D eigenvalue weighted by Crippen LogP contribution is 2.49. The first-order valence-electron chi connectivity index (χ1n) is 11.8. The van der Waals surface area contributed by atoms with Crippen LogP contribution < -0.4 is 5.32 Å². The number of anilines is 1. The Morgan fingerprint density at radius 2 is 1.71 bits per heavy atom. The van der Waals surface area contributed by atoms with E-state index in [0.29, 0.717) is 23.3 Å². The SMILES string of the molecule is CC(OC(=O)Nc1cc(F)sc1-c1ccccc1-c1ccc(C2(C(=O)O)CC2)cc1)c1ccc(Cl)cc1F. The fourth-order valence-electron chi connectivity index (χ4n) is 4.50. The van der Waals surface area contributed by atoms with Crippen molar-refractivity contribution in [3.63, 3.8) is 0 Å². The highest BCUT2D eigenvalue weighted by molar-refractivity contribution is 7.14. The molecule has 9 heteroatoms. The van der Waals surface area contributed by atoms with E-state index in [1.807, 2.05) is 48.5 Å². The van der Waals surface area contributed by atoms with E-state index >= 15 is 0 Å². The van der Waals surface area contributed by atoms with Crippen molar-refractivity contribution in [2.75, 3.05) is 5.32 Å². The lowest BCUT2D eigenvalue weighted by molar-refractivity contribution is -0.140. The molecule has 3 aromatic carbocycles. The summed E-state index contributed by atoms with van der Waals surface area (Å²) in [6.45, 7) is 1.52. The topological polar surface area (TPSA) is 75.6 Å². The van der Waals surface area contributed by atoms with Crippen LogP contribution in [-0.2, 0) is 14.9 Å². The predicted molar refractivity (Wildman–Crippen MR) is 144 cm³/mol. The summed E-state index contributed by atoms with van der Waals surface area (Å²) < 4.78 is 34.0. The van der Waals surface area contributed by atoms with Crippen LogP contribution >= 0.6 is 22.9 Å². The normalized spacial score (nSPS) is 14.5. The van der Waals surface area contributed by atoms with Crippen molar-refractivity contribution in [2.45, 2.75) is 31.3 Å². The molecule has 1 aliphatic rings. The molecule has 0 aliphatic heterocycles. The van der Waals surface area contributed by atoms with Gasteiger partial charge in [-0.15, -0.1) is 11.3 Å². The van der Waals surface area contributed by atoms with Crippen LogP contribution in [0.3, 0.4) is 0 Å². The number of thiophene rings is 1. The summed E-state index contributed by atoms with van der Waals surface area (Å²) in [6.07, 6.45) is -0.552. The van der Waals surface area contributed by atoms with Gasteiger partial charge in [0.25, 0.3) is 0 Å². The lowest BCUT2D eigenvalue weighted by Gasteiger charge is -2.16. The Labute approximate surface area is 226 Å². The van der Waals surface area contributed by atoms with Crippen LogP contribution in [0, 0.1) is 10.9 Å². The van der Waals surface area contributed by atoms with Gasteiger partial charge < -0.3 is 9.84 Å². The molecular weight excluding hydrogens is 532 g/mol. The highest BCUT2D eigenvalue weighted by Gasteiger charge is 2.51. The third-order valence-electron chi connectivity index (χ3n) is 6.70. The first-order valence-corrected chi connectivity index (χ1v) is 13.0. The van der Waals surface area contributed by atoms with Crippen LogP contribution in [0.1, 0.15) is 37.0 Å². The van der Waals surface area contributed by atoms with Crippen molar-refractivity contribution in [3.8, 4) is 21.6 Å². The molecule has 194 valence electrons. The number of hydrogen-bond acceptors (Lipinski definition) is 4. The van der Waals surface area contributed by atoms with E-state index in [1.54, 1.807) is 0 Å². The Balaban J connectivity index is 1.40. The molecule has 1 amide bonds. The molecule has 1 aliphatic carbocycles. The molecule has 1 fully saturated rings. The molecule has 38 heavy (non-hydrogen) atoms. The standard InChI is InChI=1S/C29H22ClF2NO4S/c1-16(20-11-10-19(30)14-23(20)31)37-28(36)33-24-15-25(32)38-26(24)22-5-3-2-4-21(22)17-6-8-18(9-7-17)29(12-13-29)27(34)35/h2-11,14-16H,12-13H2,1H3,(H,33,36)(H,34,35). The van der Waals surface area contributed by atoms with Gasteiger partial charge >= 0.3 is 12.1 Å². The molecule has 2 N–H and O–H groups in total. The van der Waals surface area contributed by atoms with Gasteiger partial charge in [0.05, 0.1) is 16.0 Å². The van der Waals surface area contributed by atoms with Gasteiger partial charge in [-0.3, -0.25) is 10.1 Å². The molecule has 5 nitrogen and oxygen atoms in total. The number of carboxylic acids is 1. The van der Waals surface area contributed by atoms with Crippen LogP contribution in [0.2, 0.25) is 5.02 Å². The molecule has 1 aromatic heterocycles. The van der Waals surface area contributed by atoms with Crippen LogP contribution in [-0.4, -0.2) is 17.2 Å². The van der Waals surface area contributed by atoms with Crippen molar-refractivity contribution in [3.05, 3.63) is 99.9 Å². The molecule has 4 aromatic rings. The van der Waals surface area contributed by atoms with Crippen LogP contribution in [0.25, 0.3) is 21.6 Å². The van der Waals surface area contributed by atoms with Gasteiger partial charge in [0, 0.05) is 22.2 Å². The van der Waals surface area contributed by atoms with Gasteiger partial charge in [-0.25, -0.2) is 9.18 Å². The number of rotatable bonds is 7. The first-order chi connectivity index (χ1) is 18.2. The Kier molecular flexibility index (Phi) is 6.94. The van der Waals surface area contributed by atoms with Crippen molar-refractivity contribution in [1.82, 2.24) is 0 Å². The van der Waals surface area contributed by atoms with E-state index in [-0.39, 0.29) is 16.3 Å². The van der Waals surface area contributed by atoms with E-state index in [9.17, 15) is 23.5 Å². The second-order valence-corrected chi connectivity index (χ2v) is 10.6. The zero-order valence-electron chi connectivity index (χ0n) is 20.1. The average Bonchev–Trinajstić information content (AvgIpc) is 3.62. The molecule has 0 bridgehead atoms. The van der Waals surface area contributed by atoms with Crippen LogP contribution in [0.4, 0.5) is 19.3 Å². The number of carbonyl (C=O) groups excluding carboxylic acids is 1. The van der Waals surface area contributed by atoms with Gasteiger partial charge in [0.15, 0.2) is 5.13 Å². The average molecular weight is 554 g/mol. The number of halogens is 3. The fourth-order valence-corrected chi connectivity index (χ4v) is 5.54. The van der Waals surface area contributed by atoms with E-state index in [4.69, 9.17) is 16.3 Å². The Morgan fingerprint density at radius 3 is 2.34 bits per heavy atom. The number of nitrogens with one attached hydrogen (secondary N) is 1. The van der Waals surface area contributed by atoms with E-state index in [2.05, 4.69) is 5.32 Å². The molecule has 1 unspecified atom stereocenters. The molecular formula is C29H22ClF2NO4S. The number of amides is 1. The third-order valence-corrected chi connectivity index (χ3v) is 7.89. The quantitative estimate of drug-likeness (QED) is 0.241. The number of carbonyl (C=O) groups is 2. The minimum atomic E-state index is -0.912. The highest BCUT2D eigenvalue weighted by atomic mass is 35.5. The second-order valence-electron chi connectivity index (χ2n) is 9.14. The van der Waals surface area contributed by atoms with Gasteiger partial charge in [0.1, 0.15) is 11.9 Å². The van der Waals surface area contributed by atoms with E-state index in [0.717, 1.165) is 34.1 Å². The van der Waals surface area contributed by atoms with E-state index in [1.165, 1.54) is 25.1 Å². The monoisotopic (exact) mass is 553 g/mol. The molecule has 5 rings (SSSR count). The number of ether oxygens (including phenoxy) is 1. The number of hydrogen-bond donors (Lipinski definition) is 2. The van der Waals surface area contributed by atoms with Gasteiger partial charge in [0.2, 0.25) is 0 Å². The summed E-state index contributed by atoms with van der Waals surface area (Å²) in [6, 6.07) is 20.0. The Bertz CT molecular complexity index is 1530. The lowest BCUT2D eigenvalue weighted by Crippen LogP contribution is -2.19. The number of aliphatic carboxylic acids is 1. The largest absolute Gasteiger partial charge is 0.481 e. The summed E-state index contributed by atoms with van der Waals surface area (Å²) in [4.78, 5) is 24.8. The van der Waals surface area contributed by atoms with Gasteiger partial charge in [-0.2, -0.15) is 4.39 Å². The van der Waals surface area contributed by atoms with Crippen molar-refractivity contribution in [1.29, 1.82) is 0 Å².